The quantitative estimate of drug-likeness (QED) is 0.155. The predicted molar refractivity (Wildman–Crippen MR) is 151 cm³/mol. The maximum absolute atomic E-state index is 13.4. The summed E-state index contributed by atoms with van der Waals surface area (Å²) in [4.78, 5) is 54.3. The topological polar surface area (TPSA) is 192 Å². The third-order valence-corrected chi connectivity index (χ3v) is 7.06. The summed E-state index contributed by atoms with van der Waals surface area (Å²) < 4.78 is 0. The van der Waals surface area contributed by atoms with Crippen LogP contribution in [0.2, 0.25) is 0 Å². The first kappa shape index (κ1) is 31.8. The number of hydrogen-bond donors (Lipinski definition) is 7. The molecule has 11 heteroatoms. The lowest BCUT2D eigenvalue weighted by Crippen LogP contribution is -2.59. The van der Waals surface area contributed by atoms with Crippen molar-refractivity contribution in [3.8, 4) is 0 Å². The molecule has 5 atom stereocenters. The van der Waals surface area contributed by atoms with Crippen molar-refractivity contribution in [2.75, 3.05) is 6.54 Å². The van der Waals surface area contributed by atoms with E-state index in [9.17, 15) is 24.3 Å². The largest absolute Gasteiger partial charge is 0.480 e. The fourth-order valence-corrected chi connectivity index (χ4v) is 4.38. The SMILES string of the molecule is CCC(C)C(NC(=O)C(N)Cc1c[nH]c2ccccc12)C(=O)NC(CCCCN)C(=O)NC(C(=O)O)C(C)C. The van der Waals surface area contributed by atoms with Gasteiger partial charge in [-0.05, 0) is 55.7 Å². The molecule has 5 unspecified atom stereocenters. The molecule has 0 aliphatic rings. The summed E-state index contributed by atoms with van der Waals surface area (Å²) >= 11 is 0. The number of aliphatic carboxylic acids is 1. The van der Waals surface area contributed by atoms with Gasteiger partial charge in [-0.25, -0.2) is 4.79 Å². The van der Waals surface area contributed by atoms with E-state index >= 15 is 0 Å². The van der Waals surface area contributed by atoms with E-state index in [1.807, 2.05) is 44.3 Å². The molecule has 1 aromatic heterocycles. The van der Waals surface area contributed by atoms with Gasteiger partial charge in [-0.1, -0.05) is 52.3 Å². The van der Waals surface area contributed by atoms with Gasteiger partial charge in [0.2, 0.25) is 17.7 Å². The number of carbonyl (C=O) groups is 4. The Hall–Kier alpha value is -3.44. The van der Waals surface area contributed by atoms with Crippen LogP contribution < -0.4 is 27.4 Å². The number of aromatic nitrogens is 1. The summed E-state index contributed by atoms with van der Waals surface area (Å²) in [6.07, 6.45) is 4.17. The smallest absolute Gasteiger partial charge is 0.326 e. The van der Waals surface area contributed by atoms with Gasteiger partial charge in [0.25, 0.3) is 0 Å². The van der Waals surface area contributed by atoms with E-state index in [4.69, 9.17) is 11.5 Å². The number of hydrogen-bond acceptors (Lipinski definition) is 6. The van der Waals surface area contributed by atoms with Crippen molar-refractivity contribution >= 4 is 34.6 Å². The van der Waals surface area contributed by atoms with E-state index < -0.39 is 47.9 Å². The minimum absolute atomic E-state index is 0.246. The van der Waals surface area contributed by atoms with Crippen molar-refractivity contribution in [1.29, 1.82) is 0 Å². The molecule has 0 radical (unpaired) electrons. The van der Waals surface area contributed by atoms with Crippen LogP contribution in [-0.2, 0) is 25.6 Å². The highest BCUT2D eigenvalue weighted by molar-refractivity contribution is 5.94. The van der Waals surface area contributed by atoms with Gasteiger partial charge in [0.15, 0.2) is 0 Å². The maximum atomic E-state index is 13.4. The van der Waals surface area contributed by atoms with Crippen LogP contribution in [0.25, 0.3) is 10.9 Å². The molecule has 0 aliphatic heterocycles. The van der Waals surface area contributed by atoms with Gasteiger partial charge in [0, 0.05) is 17.1 Å². The highest BCUT2D eigenvalue weighted by atomic mass is 16.4. The van der Waals surface area contributed by atoms with Crippen molar-refractivity contribution < 1.29 is 24.3 Å². The maximum Gasteiger partial charge on any atom is 0.326 e. The second-order valence-corrected chi connectivity index (χ2v) is 10.5. The molecule has 0 spiro atoms. The molecule has 39 heavy (non-hydrogen) atoms. The highest BCUT2D eigenvalue weighted by Gasteiger charge is 2.33. The summed E-state index contributed by atoms with van der Waals surface area (Å²) in [6.45, 7) is 7.53. The van der Waals surface area contributed by atoms with Crippen LogP contribution in [-0.4, -0.2) is 64.5 Å². The summed E-state index contributed by atoms with van der Waals surface area (Å²) in [7, 11) is 0. The Bertz CT molecular complexity index is 1120. The number of nitrogens with one attached hydrogen (secondary N) is 4. The number of H-pyrrole nitrogens is 1. The van der Waals surface area contributed by atoms with Crippen molar-refractivity contribution in [2.24, 2.45) is 23.3 Å². The Morgan fingerprint density at radius 1 is 0.949 bits per heavy atom. The third-order valence-electron chi connectivity index (χ3n) is 7.06. The molecule has 0 saturated carbocycles. The van der Waals surface area contributed by atoms with Crippen LogP contribution in [0.15, 0.2) is 30.5 Å². The fourth-order valence-electron chi connectivity index (χ4n) is 4.38. The molecule has 0 aliphatic carbocycles. The molecule has 2 aromatic rings. The molecule has 0 fully saturated rings. The molecular formula is C28H44N6O5. The van der Waals surface area contributed by atoms with Gasteiger partial charge < -0.3 is 37.5 Å². The Morgan fingerprint density at radius 3 is 2.23 bits per heavy atom. The van der Waals surface area contributed by atoms with Crippen LogP contribution >= 0.6 is 0 Å². The first-order valence-corrected chi connectivity index (χ1v) is 13.6. The molecule has 9 N–H and O–H groups in total. The summed E-state index contributed by atoms with van der Waals surface area (Å²) in [5.74, 6) is -3.34. The molecule has 3 amide bonds. The van der Waals surface area contributed by atoms with E-state index in [1.54, 1.807) is 13.8 Å². The van der Waals surface area contributed by atoms with E-state index in [1.165, 1.54) is 0 Å². The molecule has 1 aromatic carbocycles. The summed E-state index contributed by atoms with van der Waals surface area (Å²) in [6, 6.07) is 3.81. The fraction of sp³-hybridized carbons (Fsp3) is 0.571. The highest BCUT2D eigenvalue weighted by Crippen LogP contribution is 2.19. The van der Waals surface area contributed by atoms with Crippen LogP contribution in [0, 0.1) is 11.8 Å². The van der Waals surface area contributed by atoms with Crippen molar-refractivity contribution in [3.05, 3.63) is 36.0 Å². The van der Waals surface area contributed by atoms with E-state index in [2.05, 4.69) is 20.9 Å². The average Bonchev–Trinajstić information content (AvgIpc) is 3.31. The van der Waals surface area contributed by atoms with Gasteiger partial charge in [0.1, 0.15) is 18.1 Å². The van der Waals surface area contributed by atoms with Crippen LogP contribution in [0.3, 0.4) is 0 Å². The number of carbonyl (C=O) groups excluding carboxylic acids is 3. The summed E-state index contributed by atoms with van der Waals surface area (Å²) in [5.41, 5.74) is 13.7. The van der Waals surface area contributed by atoms with Crippen LogP contribution in [0.5, 0.6) is 0 Å². The van der Waals surface area contributed by atoms with E-state index in [0.29, 0.717) is 25.8 Å². The third kappa shape index (κ3) is 9.07. The number of aromatic amines is 1. The standard InChI is InChI=1S/C28H44N6O5/c1-5-17(4)24(34-25(35)20(30)14-18-15-31-21-11-7-6-10-19(18)21)27(37)32-22(12-8-9-13-29)26(36)33-23(16(2)3)28(38)39/h6-7,10-11,15-17,20,22-24,31H,5,8-9,12-14,29-30H2,1-4H3,(H,32,37)(H,33,36)(H,34,35)(H,38,39). The minimum Gasteiger partial charge on any atom is -0.480 e. The predicted octanol–water partition coefficient (Wildman–Crippen LogP) is 1.41. The minimum atomic E-state index is -1.15. The van der Waals surface area contributed by atoms with Crippen molar-refractivity contribution in [1.82, 2.24) is 20.9 Å². The number of carboxylic acids is 1. The first-order valence-electron chi connectivity index (χ1n) is 13.6. The second kappa shape index (κ2) is 15.2. The molecule has 1 heterocycles. The number of fused-ring (bicyclic) bond motifs is 1. The lowest BCUT2D eigenvalue weighted by molar-refractivity contribution is -0.143. The number of benzene rings is 1. The molecule has 216 valence electrons. The Labute approximate surface area is 229 Å². The number of amides is 3. The Balaban J connectivity index is 2.15. The zero-order chi connectivity index (χ0) is 29.1. The lowest BCUT2D eigenvalue weighted by atomic mass is 9.96. The molecule has 11 nitrogen and oxygen atoms in total. The van der Waals surface area contributed by atoms with Crippen molar-refractivity contribution in [3.63, 3.8) is 0 Å². The van der Waals surface area contributed by atoms with Crippen LogP contribution in [0.1, 0.15) is 58.9 Å². The van der Waals surface area contributed by atoms with E-state index in [0.717, 1.165) is 16.5 Å². The normalized spacial score (nSPS) is 15.3. The zero-order valence-corrected chi connectivity index (χ0v) is 23.3. The number of para-hydroxylation sites is 1. The van der Waals surface area contributed by atoms with Crippen molar-refractivity contribution in [2.45, 2.75) is 84.0 Å². The number of carboxylic acid groups (broad SMARTS) is 1. The molecule has 0 saturated heterocycles. The molecular weight excluding hydrogens is 500 g/mol. The Morgan fingerprint density at radius 2 is 1.62 bits per heavy atom. The summed E-state index contributed by atoms with van der Waals surface area (Å²) in [5, 5.41) is 18.5. The monoisotopic (exact) mass is 544 g/mol. The molecule has 2 rings (SSSR count). The lowest BCUT2D eigenvalue weighted by Gasteiger charge is -2.28. The Kier molecular flexibility index (Phi) is 12.4. The van der Waals surface area contributed by atoms with Gasteiger partial charge in [0.05, 0.1) is 6.04 Å². The average molecular weight is 545 g/mol. The van der Waals surface area contributed by atoms with Gasteiger partial charge >= 0.3 is 5.97 Å². The first-order chi connectivity index (χ1) is 18.5. The van der Waals surface area contributed by atoms with Crippen LogP contribution in [0.4, 0.5) is 0 Å². The second-order valence-electron chi connectivity index (χ2n) is 10.5. The zero-order valence-electron chi connectivity index (χ0n) is 23.3. The number of unbranched alkanes of at least 4 members (excludes halogenated alkanes) is 1. The van der Waals surface area contributed by atoms with Gasteiger partial charge in [-0.15, -0.1) is 0 Å². The van der Waals surface area contributed by atoms with Gasteiger partial charge in [-0.2, -0.15) is 0 Å². The number of rotatable bonds is 16. The van der Waals surface area contributed by atoms with Gasteiger partial charge in [-0.3, -0.25) is 14.4 Å². The molecule has 0 bridgehead atoms. The number of nitrogens with two attached hydrogens (primary N) is 2. The van der Waals surface area contributed by atoms with E-state index in [-0.39, 0.29) is 24.7 Å².